The summed E-state index contributed by atoms with van der Waals surface area (Å²) in [6, 6.07) is 32.5. The van der Waals surface area contributed by atoms with E-state index < -0.39 is 0 Å². The van der Waals surface area contributed by atoms with Gasteiger partial charge in [0.15, 0.2) is 0 Å². The highest BCUT2D eigenvalue weighted by Crippen LogP contribution is 2.63. The maximum absolute atomic E-state index is 2.87. The van der Waals surface area contributed by atoms with Crippen molar-refractivity contribution in [1.82, 2.24) is 0 Å². The first-order valence-corrected chi connectivity index (χ1v) is 25.3. The fraction of sp³-hybridized carbons (Fsp3) is 0.333. The molecule has 2 nitrogen and oxygen atoms in total. The predicted molar refractivity (Wildman–Crippen MR) is 273 cm³/mol. The average Bonchev–Trinajstić information content (AvgIpc) is 3.35. The number of anilines is 2. The maximum atomic E-state index is 2.87. The first kappa shape index (κ1) is 39.5. The summed E-state index contributed by atoms with van der Waals surface area (Å²) < 4.78 is 0. The molecule has 0 spiro atoms. The summed E-state index contributed by atoms with van der Waals surface area (Å²) in [7, 11) is 0. The van der Waals surface area contributed by atoms with Crippen LogP contribution in [-0.4, -0.2) is 6.04 Å². The van der Waals surface area contributed by atoms with Gasteiger partial charge in [0.05, 0.1) is 11.7 Å². The smallest absolute Gasteiger partial charge is 0.0631 e. The van der Waals surface area contributed by atoms with E-state index in [4.69, 9.17) is 0 Å². The van der Waals surface area contributed by atoms with Gasteiger partial charge in [0, 0.05) is 45.4 Å². The largest absolute Gasteiger partial charge is 0.333 e. The normalized spacial score (nSPS) is 26.2. The molecule has 0 radical (unpaired) electrons. The first-order chi connectivity index (χ1) is 32.0. The van der Waals surface area contributed by atoms with Crippen molar-refractivity contribution in [3.05, 3.63) is 212 Å². The van der Waals surface area contributed by atoms with Crippen LogP contribution in [0.2, 0.25) is 0 Å². The van der Waals surface area contributed by atoms with Gasteiger partial charge >= 0.3 is 0 Å². The van der Waals surface area contributed by atoms with E-state index in [9.17, 15) is 0 Å². The molecule has 0 heterocycles. The fourth-order valence-electron chi connectivity index (χ4n) is 14.2. The molecule has 0 aliphatic heterocycles. The van der Waals surface area contributed by atoms with Crippen molar-refractivity contribution in [2.24, 2.45) is 23.2 Å². The molecule has 4 unspecified atom stereocenters. The molecule has 2 heteroatoms. The van der Waals surface area contributed by atoms with Gasteiger partial charge in [-0.3, -0.25) is 0 Å². The molecule has 0 N–H and O–H groups in total. The lowest BCUT2D eigenvalue weighted by atomic mass is 9.51. The molecular weight excluding hydrogens is 785 g/mol. The van der Waals surface area contributed by atoms with Gasteiger partial charge in [0.1, 0.15) is 0 Å². The summed E-state index contributed by atoms with van der Waals surface area (Å²) >= 11 is 0. The van der Waals surface area contributed by atoms with E-state index in [2.05, 4.69) is 170 Å². The number of fused-ring (bicyclic) bond motifs is 2. The average molecular weight is 847 g/mol. The van der Waals surface area contributed by atoms with Crippen molar-refractivity contribution in [3.63, 3.8) is 0 Å². The lowest BCUT2D eigenvalue weighted by Crippen LogP contribution is -2.48. The Kier molecular flexibility index (Phi) is 9.34. The molecule has 0 saturated heterocycles. The second-order valence-corrected chi connectivity index (χ2v) is 20.9. The van der Waals surface area contributed by atoms with Crippen molar-refractivity contribution in [2.75, 3.05) is 9.80 Å². The molecule has 65 heavy (non-hydrogen) atoms. The van der Waals surface area contributed by atoms with Gasteiger partial charge in [0.2, 0.25) is 0 Å². The topological polar surface area (TPSA) is 6.48 Å². The second kappa shape index (κ2) is 15.4. The third kappa shape index (κ3) is 6.11. The van der Waals surface area contributed by atoms with Crippen LogP contribution in [-0.2, 0) is 0 Å². The van der Waals surface area contributed by atoms with Crippen molar-refractivity contribution in [2.45, 2.75) is 110 Å². The monoisotopic (exact) mass is 846 g/mol. The van der Waals surface area contributed by atoms with Crippen molar-refractivity contribution >= 4 is 32.9 Å². The van der Waals surface area contributed by atoms with Crippen LogP contribution < -0.4 is 9.80 Å². The lowest BCUT2D eigenvalue weighted by Gasteiger charge is -2.56. The van der Waals surface area contributed by atoms with Crippen LogP contribution in [0.3, 0.4) is 0 Å². The van der Waals surface area contributed by atoms with Crippen LogP contribution in [0.5, 0.6) is 0 Å². The molecule has 1 fully saturated rings. The van der Waals surface area contributed by atoms with Crippen molar-refractivity contribution in [1.29, 1.82) is 0 Å². The second-order valence-electron chi connectivity index (χ2n) is 20.9. The molecule has 9 aliphatic rings. The molecule has 0 aromatic heterocycles. The predicted octanol–water partition coefficient (Wildman–Crippen LogP) is 16.6. The SMILES string of the molecule is CCC1=CC(N(C2=CCCC3=C2C=CCC3)c2cccc3ccccc23)C2C=C3C4C5=C(CCC1=C52)C(N(C1=CCCC2=C1CCC=C2)c1cccc2ccccc12)=CC4CCC3(C)C. The van der Waals surface area contributed by atoms with Crippen LogP contribution >= 0.6 is 0 Å². The maximum Gasteiger partial charge on any atom is 0.0631 e. The van der Waals surface area contributed by atoms with E-state index in [0.717, 1.165) is 57.8 Å². The Morgan fingerprint density at radius 3 is 2.12 bits per heavy atom. The summed E-state index contributed by atoms with van der Waals surface area (Å²) in [6.45, 7) is 7.58. The molecular formula is C63H62N2. The molecule has 324 valence electrons. The Balaban J connectivity index is 1.06. The quantitative estimate of drug-likeness (QED) is 0.171. The van der Waals surface area contributed by atoms with Gasteiger partial charge < -0.3 is 9.80 Å². The third-order valence-electron chi connectivity index (χ3n) is 17.1. The highest BCUT2D eigenvalue weighted by atomic mass is 15.2. The Labute approximate surface area is 386 Å². The van der Waals surface area contributed by atoms with E-state index in [-0.39, 0.29) is 17.4 Å². The van der Waals surface area contributed by atoms with Gasteiger partial charge in [-0.15, -0.1) is 0 Å². The van der Waals surface area contributed by atoms with Gasteiger partial charge in [-0.25, -0.2) is 0 Å². The number of benzene rings is 4. The summed E-state index contributed by atoms with van der Waals surface area (Å²) in [6.07, 6.45) is 38.2. The Hall–Kier alpha value is -5.86. The van der Waals surface area contributed by atoms with Crippen LogP contribution in [0.25, 0.3) is 21.5 Å². The molecule has 0 bridgehead atoms. The fourth-order valence-corrected chi connectivity index (χ4v) is 14.2. The number of nitrogens with zero attached hydrogens (tertiary/aromatic N) is 2. The number of hydrogen-bond donors (Lipinski definition) is 0. The minimum absolute atomic E-state index is 0.124. The molecule has 4 atom stereocenters. The Morgan fingerprint density at radius 1 is 0.600 bits per heavy atom. The third-order valence-corrected chi connectivity index (χ3v) is 17.1. The lowest BCUT2D eigenvalue weighted by molar-refractivity contribution is 0.239. The molecule has 4 aromatic rings. The highest BCUT2D eigenvalue weighted by Gasteiger charge is 2.53. The van der Waals surface area contributed by atoms with E-state index in [1.165, 1.54) is 81.3 Å². The van der Waals surface area contributed by atoms with Crippen molar-refractivity contribution in [3.8, 4) is 0 Å². The van der Waals surface area contributed by atoms with Gasteiger partial charge in [-0.1, -0.05) is 159 Å². The zero-order chi connectivity index (χ0) is 43.4. The number of allylic oxidation sites excluding steroid dienone is 15. The van der Waals surface area contributed by atoms with E-state index in [1.807, 2.05) is 0 Å². The number of rotatable bonds is 7. The summed E-state index contributed by atoms with van der Waals surface area (Å²) in [5.74, 6) is 1.13. The Bertz CT molecular complexity index is 3070. The minimum atomic E-state index is 0.124. The highest BCUT2D eigenvalue weighted by molar-refractivity contribution is 5.98. The molecule has 1 saturated carbocycles. The number of hydrogen-bond acceptors (Lipinski definition) is 2. The zero-order valence-corrected chi connectivity index (χ0v) is 38.7. The van der Waals surface area contributed by atoms with Gasteiger partial charge in [0.25, 0.3) is 0 Å². The van der Waals surface area contributed by atoms with Crippen LogP contribution in [0, 0.1) is 23.2 Å². The van der Waals surface area contributed by atoms with Crippen LogP contribution in [0.4, 0.5) is 11.4 Å². The van der Waals surface area contributed by atoms with E-state index in [0.29, 0.717) is 11.8 Å². The van der Waals surface area contributed by atoms with Gasteiger partial charge in [-0.2, -0.15) is 0 Å². The van der Waals surface area contributed by atoms with Gasteiger partial charge in [-0.05, 0) is 162 Å². The standard InChI is InChI=1S/C63H62N2/c1-4-40-37-59(65(56-31-15-23-43-19-7-11-27-48(43)56)57-32-16-24-44-20-8-12-28-49(44)57)52-39-53-60-45(35-36-63(53,2)3)38-58(51-34-33-50(40)61(52)62(51)60)64(54-29-13-21-41-17-5-9-25-46(41)54)55-30-14-22-42-18-6-10-26-47(42)55/h5-7,9,11-13,15,17-19,21,23,25,27-32,37-39,45,52,59-60H,4,8,10,14,16,20,22,24,26,33-36H2,1-3H3. The first-order valence-electron chi connectivity index (χ1n) is 25.3. The molecule has 0 amide bonds. The van der Waals surface area contributed by atoms with Crippen LogP contribution in [0.1, 0.15) is 104 Å². The molecule has 13 rings (SSSR count). The van der Waals surface area contributed by atoms with E-state index >= 15 is 0 Å². The molecule has 4 aromatic carbocycles. The summed E-state index contributed by atoms with van der Waals surface area (Å²) in [5, 5.41) is 5.32. The van der Waals surface area contributed by atoms with Crippen molar-refractivity contribution < 1.29 is 0 Å². The van der Waals surface area contributed by atoms with E-state index in [1.54, 1.807) is 50.2 Å². The van der Waals surface area contributed by atoms with Crippen LogP contribution in [0.15, 0.2) is 212 Å². The minimum Gasteiger partial charge on any atom is -0.333 e. The summed E-state index contributed by atoms with van der Waals surface area (Å²) in [5.41, 5.74) is 23.3. The molecule has 9 aliphatic carbocycles. The summed E-state index contributed by atoms with van der Waals surface area (Å²) in [4.78, 5) is 5.66. The Morgan fingerprint density at radius 2 is 1.29 bits per heavy atom. The zero-order valence-electron chi connectivity index (χ0n) is 38.7.